The lowest BCUT2D eigenvalue weighted by molar-refractivity contribution is -0.392. The lowest BCUT2D eigenvalue weighted by atomic mass is 10.00. The van der Waals surface area contributed by atoms with E-state index in [2.05, 4.69) is 15.9 Å². The van der Waals surface area contributed by atoms with Crippen LogP contribution in [-0.2, 0) is 12.4 Å². The number of methoxy groups -OCH3 is 1. The minimum atomic E-state index is -5.38. The molecule has 1 N–H and O–H groups in total. The van der Waals surface area contributed by atoms with Crippen LogP contribution in [-0.4, -0.2) is 17.0 Å². The second kappa shape index (κ2) is 6.24. The third-order valence-electron chi connectivity index (χ3n) is 3.17. The molecule has 1 aromatic carbocycles. The molecule has 0 aliphatic rings. The second-order valence-corrected chi connectivity index (χ2v) is 5.55. The predicted molar refractivity (Wildman–Crippen MR) is 77.1 cm³/mol. The molecule has 0 bridgehead atoms. The molecule has 136 valence electrons. The van der Waals surface area contributed by atoms with E-state index in [0.29, 0.717) is 0 Å². The van der Waals surface area contributed by atoms with Gasteiger partial charge in [-0.2, -0.15) is 26.3 Å². The fourth-order valence-electron chi connectivity index (χ4n) is 2.22. The minimum Gasteiger partial charge on any atom is -0.496 e. The zero-order chi connectivity index (χ0) is 19.2. The summed E-state index contributed by atoms with van der Waals surface area (Å²) in [6.45, 7) is 0. The van der Waals surface area contributed by atoms with Gasteiger partial charge in [0.05, 0.1) is 17.1 Å². The molecule has 0 amide bonds. The maximum atomic E-state index is 13.3. The van der Waals surface area contributed by atoms with E-state index in [9.17, 15) is 36.5 Å². The monoisotopic (exact) mass is 432 g/mol. The summed E-state index contributed by atoms with van der Waals surface area (Å²) in [6, 6.07) is 3.04. The summed E-state index contributed by atoms with van der Waals surface area (Å²) in [6.07, 6.45) is -10.7. The van der Waals surface area contributed by atoms with Crippen LogP contribution in [0.2, 0.25) is 0 Å². The van der Waals surface area contributed by atoms with Crippen LogP contribution in [0, 0.1) is 10.1 Å². The fourth-order valence-corrected chi connectivity index (χ4v) is 2.76. The zero-order valence-corrected chi connectivity index (χ0v) is 13.6. The van der Waals surface area contributed by atoms with Crippen LogP contribution in [0.3, 0.4) is 0 Å². The molecule has 2 rings (SSSR count). The van der Waals surface area contributed by atoms with Gasteiger partial charge in [0.1, 0.15) is 5.75 Å². The van der Waals surface area contributed by atoms with E-state index >= 15 is 0 Å². The molecule has 12 heteroatoms. The number of nitrogens with zero attached hydrogens (tertiary/aromatic N) is 1. The normalized spacial score (nSPS) is 12.3. The van der Waals surface area contributed by atoms with E-state index in [1.54, 1.807) is 0 Å². The molecule has 1 heterocycles. The number of benzene rings is 1. The molecule has 0 spiro atoms. The van der Waals surface area contributed by atoms with Crippen LogP contribution in [0.25, 0.3) is 11.1 Å². The summed E-state index contributed by atoms with van der Waals surface area (Å²) in [5, 5.41) is 10.8. The summed E-state index contributed by atoms with van der Waals surface area (Å²) in [7, 11) is 1.25. The van der Waals surface area contributed by atoms with Gasteiger partial charge in [0, 0.05) is 0 Å². The lowest BCUT2D eigenvalue weighted by Gasteiger charge is -2.11. The Kier molecular flexibility index (Phi) is 4.77. The number of rotatable bonds is 3. The molecule has 0 unspecified atom stereocenters. The van der Waals surface area contributed by atoms with E-state index in [4.69, 9.17) is 4.74 Å². The van der Waals surface area contributed by atoms with Gasteiger partial charge in [-0.25, -0.2) is 4.98 Å². The standard InChI is InChI=1S/C13H7BrF6N2O3/c1-25-7-3-2-5(4-6(7)14)8-9(12(15,16)17)11(22(23)24)21-10(8)13(18,19)20/h2-4,21H,1H3. The molecule has 0 saturated heterocycles. The van der Waals surface area contributed by atoms with Crippen LogP contribution >= 0.6 is 15.9 Å². The number of ether oxygens (including phenoxy) is 1. The van der Waals surface area contributed by atoms with Gasteiger partial charge in [0.15, 0.2) is 5.56 Å². The van der Waals surface area contributed by atoms with Crippen LogP contribution in [0.4, 0.5) is 32.2 Å². The quantitative estimate of drug-likeness (QED) is 0.401. The van der Waals surface area contributed by atoms with E-state index < -0.39 is 45.5 Å². The topological polar surface area (TPSA) is 68.2 Å². The Morgan fingerprint density at radius 1 is 1.16 bits per heavy atom. The smallest absolute Gasteiger partial charge is 0.454 e. The molecule has 1 aromatic heterocycles. The Hall–Kier alpha value is -2.24. The molecular weight excluding hydrogens is 426 g/mol. The average Bonchev–Trinajstić information content (AvgIpc) is 2.87. The van der Waals surface area contributed by atoms with Gasteiger partial charge in [-0.05, 0) is 38.5 Å². The first-order chi connectivity index (χ1) is 11.4. The van der Waals surface area contributed by atoms with Gasteiger partial charge < -0.3 is 14.9 Å². The van der Waals surface area contributed by atoms with E-state index in [1.165, 1.54) is 12.1 Å². The minimum absolute atomic E-state index is 0.0811. The molecule has 0 fully saturated rings. The highest BCUT2D eigenvalue weighted by atomic mass is 79.9. The molecule has 5 nitrogen and oxygen atoms in total. The molecule has 0 saturated carbocycles. The van der Waals surface area contributed by atoms with Crippen LogP contribution in [0.15, 0.2) is 22.7 Å². The van der Waals surface area contributed by atoms with Gasteiger partial charge >= 0.3 is 18.2 Å². The predicted octanol–water partition coefficient (Wildman–Crippen LogP) is 5.40. The van der Waals surface area contributed by atoms with Crippen molar-refractivity contribution in [2.45, 2.75) is 12.4 Å². The number of H-pyrrole nitrogens is 1. The van der Waals surface area contributed by atoms with E-state index in [-0.39, 0.29) is 10.2 Å². The van der Waals surface area contributed by atoms with Gasteiger partial charge in [-0.15, -0.1) is 0 Å². The van der Waals surface area contributed by atoms with Crippen molar-refractivity contribution in [3.8, 4) is 16.9 Å². The van der Waals surface area contributed by atoms with Crippen molar-refractivity contribution in [2.75, 3.05) is 7.11 Å². The Labute approximate surface area is 143 Å². The molecule has 25 heavy (non-hydrogen) atoms. The number of hydrogen-bond donors (Lipinski definition) is 1. The summed E-state index contributed by atoms with van der Waals surface area (Å²) in [5.74, 6) is -1.61. The van der Waals surface area contributed by atoms with Gasteiger partial charge in [-0.1, -0.05) is 6.07 Å². The largest absolute Gasteiger partial charge is 0.496 e. The van der Waals surface area contributed by atoms with Gasteiger partial charge in [-0.3, -0.25) is 0 Å². The number of hydrogen-bond acceptors (Lipinski definition) is 3. The SMILES string of the molecule is COc1ccc(-c2c(C(F)(F)F)[nH]c([N+](=O)[O-])c2C(F)(F)F)cc1Br. The first kappa shape index (κ1) is 19.1. The highest BCUT2D eigenvalue weighted by Gasteiger charge is 2.50. The van der Waals surface area contributed by atoms with Crippen molar-refractivity contribution in [2.24, 2.45) is 0 Å². The third-order valence-corrected chi connectivity index (χ3v) is 3.79. The van der Waals surface area contributed by atoms with Crippen LogP contribution < -0.4 is 4.74 Å². The van der Waals surface area contributed by atoms with Crippen LogP contribution in [0.5, 0.6) is 5.75 Å². The number of aromatic amines is 1. The fraction of sp³-hybridized carbons (Fsp3) is 0.231. The number of halogens is 7. The van der Waals surface area contributed by atoms with Crippen molar-refractivity contribution < 1.29 is 36.0 Å². The van der Waals surface area contributed by atoms with Crippen molar-refractivity contribution in [1.29, 1.82) is 0 Å². The third kappa shape index (κ3) is 3.57. The number of aromatic nitrogens is 1. The first-order valence-corrected chi connectivity index (χ1v) is 7.06. The summed E-state index contributed by atoms with van der Waals surface area (Å²) in [5.41, 5.74) is -5.72. The Bertz CT molecular complexity index is 828. The van der Waals surface area contributed by atoms with E-state index in [0.717, 1.165) is 18.2 Å². The van der Waals surface area contributed by atoms with Gasteiger partial charge in [0.2, 0.25) is 5.69 Å². The maximum absolute atomic E-state index is 13.3. The highest BCUT2D eigenvalue weighted by molar-refractivity contribution is 9.10. The van der Waals surface area contributed by atoms with Crippen molar-refractivity contribution in [1.82, 2.24) is 4.98 Å². The zero-order valence-electron chi connectivity index (χ0n) is 12.0. The molecule has 0 atom stereocenters. The van der Waals surface area contributed by atoms with Crippen molar-refractivity contribution in [3.63, 3.8) is 0 Å². The molecule has 0 aliphatic carbocycles. The summed E-state index contributed by atoms with van der Waals surface area (Å²) < 4.78 is 84.3. The second-order valence-electron chi connectivity index (χ2n) is 4.70. The maximum Gasteiger partial charge on any atom is 0.454 e. The molecule has 0 aliphatic heterocycles. The number of nitro groups is 1. The highest BCUT2D eigenvalue weighted by Crippen LogP contribution is 2.49. The first-order valence-electron chi connectivity index (χ1n) is 6.26. The Morgan fingerprint density at radius 2 is 1.76 bits per heavy atom. The Morgan fingerprint density at radius 3 is 2.16 bits per heavy atom. The molecule has 2 aromatic rings. The number of alkyl halides is 6. The van der Waals surface area contributed by atoms with Crippen molar-refractivity contribution >= 4 is 21.7 Å². The summed E-state index contributed by atoms with van der Waals surface area (Å²) in [4.78, 5) is 10.5. The Balaban J connectivity index is 2.91. The molecule has 0 radical (unpaired) electrons. The average molecular weight is 433 g/mol. The van der Waals surface area contributed by atoms with Gasteiger partial charge in [0.25, 0.3) is 0 Å². The summed E-state index contributed by atoms with van der Waals surface area (Å²) >= 11 is 2.96. The van der Waals surface area contributed by atoms with Crippen molar-refractivity contribution in [3.05, 3.63) is 44.0 Å². The molecular formula is C13H7BrF6N2O3. The van der Waals surface area contributed by atoms with E-state index in [1.807, 2.05) is 0 Å². The lowest BCUT2D eigenvalue weighted by Crippen LogP contribution is -2.10. The number of nitrogens with one attached hydrogen (secondary N) is 1. The van der Waals surface area contributed by atoms with Crippen LogP contribution in [0.1, 0.15) is 11.3 Å².